The van der Waals surface area contributed by atoms with Crippen molar-refractivity contribution in [1.82, 2.24) is 15.1 Å². The van der Waals surface area contributed by atoms with Gasteiger partial charge in [0.15, 0.2) is 0 Å². The van der Waals surface area contributed by atoms with Crippen LogP contribution in [0.5, 0.6) is 0 Å². The van der Waals surface area contributed by atoms with Crippen molar-refractivity contribution in [2.24, 2.45) is 0 Å². The van der Waals surface area contributed by atoms with Gasteiger partial charge in [-0.3, -0.25) is 9.69 Å². The molecule has 0 aromatic heterocycles. The van der Waals surface area contributed by atoms with Gasteiger partial charge in [0.05, 0.1) is 28.8 Å². The van der Waals surface area contributed by atoms with Crippen molar-refractivity contribution >= 4 is 17.6 Å². The predicted molar refractivity (Wildman–Crippen MR) is 167 cm³/mol. The van der Waals surface area contributed by atoms with Crippen LogP contribution in [-0.2, 0) is 27.3 Å². The maximum Gasteiger partial charge on any atom is 0.416 e. The maximum absolute atomic E-state index is 14.3. The first-order chi connectivity index (χ1) is 21.6. The van der Waals surface area contributed by atoms with Crippen LogP contribution in [0.2, 0.25) is 0 Å². The molecule has 0 bridgehead atoms. The summed E-state index contributed by atoms with van der Waals surface area (Å²) in [5.74, 6) is -0.770. The number of ether oxygens (including phenoxy) is 1. The van der Waals surface area contributed by atoms with E-state index < -0.39 is 52.1 Å². The van der Waals surface area contributed by atoms with Gasteiger partial charge >= 0.3 is 18.4 Å². The zero-order valence-electron chi connectivity index (χ0n) is 27.4. The zero-order valence-corrected chi connectivity index (χ0v) is 27.4. The normalized spacial score (nSPS) is 16.5. The number of halogens is 6. The fourth-order valence-electron chi connectivity index (χ4n) is 5.60. The Labute approximate surface area is 270 Å². The van der Waals surface area contributed by atoms with Crippen LogP contribution in [0.25, 0.3) is 5.57 Å². The van der Waals surface area contributed by atoms with Crippen LogP contribution in [0.1, 0.15) is 68.9 Å². The highest BCUT2D eigenvalue weighted by atomic mass is 19.4. The Balaban J connectivity index is 1.91. The molecule has 254 valence electrons. The largest absolute Gasteiger partial charge is 0.443 e. The molecule has 2 heterocycles. The summed E-state index contributed by atoms with van der Waals surface area (Å²) in [6.07, 6.45) is -6.45. The number of hydrogen-bond donors (Lipinski definition) is 1. The van der Waals surface area contributed by atoms with E-state index in [4.69, 9.17) is 4.74 Å². The lowest BCUT2D eigenvalue weighted by Crippen LogP contribution is -2.47. The van der Waals surface area contributed by atoms with Crippen molar-refractivity contribution in [1.29, 1.82) is 0 Å². The molecule has 1 N–H and O–H groups in total. The van der Waals surface area contributed by atoms with E-state index in [1.54, 1.807) is 26.8 Å². The SMILES string of the molecule is Cc1ccccc1C1=C(N(C)C(=O)C(C)(C)c2cc(C(F)(F)F)cc(C(F)(F)F)c2)CN(C(=O)OC(C)(C)C)C(C2=CCNCC2)=C1. The molecule has 0 saturated carbocycles. The van der Waals surface area contributed by atoms with Crippen LogP contribution < -0.4 is 5.32 Å². The quantitative estimate of drug-likeness (QED) is 0.328. The first-order valence-corrected chi connectivity index (χ1v) is 15.1. The standard InChI is InChI=1S/C35H39F6N3O3/c1-21-10-8-9-11-26(21)27-19-28(22-12-14-42-15-13-22)44(31(46)47-32(2,3)4)20-29(27)43(7)30(45)33(5,6)23-16-24(34(36,37)38)18-25(17-23)35(39,40)41/h8-12,16-19,42H,13-15,20H2,1-7H3. The van der Waals surface area contributed by atoms with Crippen molar-refractivity contribution in [2.75, 3.05) is 26.7 Å². The van der Waals surface area contributed by atoms with E-state index in [0.717, 1.165) is 16.7 Å². The number of benzene rings is 2. The minimum atomic E-state index is -5.08. The maximum atomic E-state index is 14.3. The van der Waals surface area contributed by atoms with Crippen molar-refractivity contribution in [3.63, 3.8) is 0 Å². The second kappa shape index (κ2) is 12.9. The third-order valence-corrected chi connectivity index (χ3v) is 8.19. The number of aryl methyl sites for hydroxylation is 1. The molecule has 2 aliphatic rings. The summed E-state index contributed by atoms with van der Waals surface area (Å²) in [4.78, 5) is 30.6. The first-order valence-electron chi connectivity index (χ1n) is 15.1. The second-order valence-corrected chi connectivity index (χ2v) is 13.2. The number of amides is 2. The molecule has 6 nitrogen and oxygen atoms in total. The van der Waals surface area contributed by atoms with Crippen LogP contribution in [-0.4, -0.2) is 54.1 Å². The number of rotatable bonds is 5. The van der Waals surface area contributed by atoms with E-state index in [0.29, 0.717) is 48.6 Å². The zero-order chi connectivity index (χ0) is 35.1. The summed E-state index contributed by atoms with van der Waals surface area (Å²) in [6, 6.07) is 8.58. The van der Waals surface area contributed by atoms with Gasteiger partial charge in [0, 0.05) is 24.9 Å². The Morgan fingerprint density at radius 2 is 1.47 bits per heavy atom. The number of carbonyl (C=O) groups is 2. The molecule has 0 fully saturated rings. The minimum absolute atomic E-state index is 0.0359. The molecule has 0 unspecified atom stereocenters. The number of nitrogens with zero attached hydrogens (tertiary/aromatic N) is 2. The lowest BCUT2D eigenvalue weighted by atomic mass is 9.81. The Morgan fingerprint density at radius 3 is 1.98 bits per heavy atom. The lowest BCUT2D eigenvalue weighted by Gasteiger charge is -2.39. The van der Waals surface area contributed by atoms with Gasteiger partial charge in [-0.2, -0.15) is 26.3 Å². The van der Waals surface area contributed by atoms with Gasteiger partial charge in [-0.25, -0.2) is 4.79 Å². The average Bonchev–Trinajstić information content (AvgIpc) is 2.98. The van der Waals surface area contributed by atoms with Gasteiger partial charge in [0.25, 0.3) is 0 Å². The molecular weight excluding hydrogens is 624 g/mol. The second-order valence-electron chi connectivity index (χ2n) is 13.2. The number of hydrogen-bond acceptors (Lipinski definition) is 4. The van der Waals surface area contributed by atoms with Crippen molar-refractivity contribution in [3.8, 4) is 0 Å². The molecule has 0 atom stereocenters. The molecule has 12 heteroatoms. The Bertz CT molecular complexity index is 1610. The van der Waals surface area contributed by atoms with Crippen LogP contribution >= 0.6 is 0 Å². The van der Waals surface area contributed by atoms with E-state index in [9.17, 15) is 35.9 Å². The molecule has 2 aromatic carbocycles. The van der Waals surface area contributed by atoms with E-state index in [2.05, 4.69) is 5.32 Å². The molecule has 47 heavy (non-hydrogen) atoms. The van der Waals surface area contributed by atoms with Gasteiger partial charge in [-0.1, -0.05) is 30.3 Å². The summed E-state index contributed by atoms with van der Waals surface area (Å²) in [5.41, 5.74) is -2.20. The minimum Gasteiger partial charge on any atom is -0.443 e. The number of nitrogens with one attached hydrogen (secondary N) is 1. The number of alkyl halides is 6. The molecule has 4 rings (SSSR count). The fraction of sp³-hybridized carbons (Fsp3) is 0.429. The summed E-state index contributed by atoms with van der Waals surface area (Å²) < 4.78 is 88.2. The van der Waals surface area contributed by atoms with E-state index >= 15 is 0 Å². The van der Waals surface area contributed by atoms with Gasteiger partial charge in [0.1, 0.15) is 5.60 Å². The van der Waals surface area contributed by atoms with Gasteiger partial charge in [-0.15, -0.1) is 0 Å². The summed E-state index contributed by atoms with van der Waals surface area (Å²) in [5, 5.41) is 3.24. The first kappa shape index (κ1) is 35.8. The third kappa shape index (κ3) is 7.91. The summed E-state index contributed by atoms with van der Waals surface area (Å²) in [7, 11) is 1.41. The summed E-state index contributed by atoms with van der Waals surface area (Å²) >= 11 is 0. The monoisotopic (exact) mass is 663 g/mol. The van der Waals surface area contributed by atoms with Crippen LogP contribution in [0.15, 0.2) is 71.6 Å². The van der Waals surface area contributed by atoms with Crippen molar-refractivity contribution in [2.45, 2.75) is 71.3 Å². The van der Waals surface area contributed by atoms with Crippen molar-refractivity contribution in [3.05, 3.63) is 99.4 Å². The molecule has 0 saturated heterocycles. The molecule has 0 aliphatic carbocycles. The van der Waals surface area contributed by atoms with Gasteiger partial charge < -0.3 is 15.0 Å². The molecular formula is C35H39F6N3O3. The highest BCUT2D eigenvalue weighted by Crippen LogP contribution is 2.41. The third-order valence-electron chi connectivity index (χ3n) is 8.19. The molecule has 2 aliphatic heterocycles. The van der Waals surface area contributed by atoms with Crippen LogP contribution in [0, 0.1) is 6.92 Å². The van der Waals surface area contributed by atoms with Gasteiger partial charge in [-0.05, 0) is 101 Å². The van der Waals surface area contributed by atoms with Gasteiger partial charge in [0.2, 0.25) is 5.91 Å². The Kier molecular flexibility index (Phi) is 9.79. The van der Waals surface area contributed by atoms with E-state index in [1.807, 2.05) is 37.3 Å². The number of carbonyl (C=O) groups excluding carboxylic acids is 2. The van der Waals surface area contributed by atoms with E-state index in [-0.39, 0.29) is 12.6 Å². The topological polar surface area (TPSA) is 61.9 Å². The highest BCUT2D eigenvalue weighted by Gasteiger charge is 2.42. The molecule has 0 spiro atoms. The Morgan fingerprint density at radius 1 is 0.894 bits per heavy atom. The molecule has 2 aromatic rings. The van der Waals surface area contributed by atoms with Crippen molar-refractivity contribution < 1.29 is 40.7 Å². The van der Waals surface area contributed by atoms with E-state index in [1.165, 1.54) is 30.7 Å². The lowest BCUT2D eigenvalue weighted by molar-refractivity contribution is -0.143. The number of allylic oxidation sites excluding steroid dienone is 3. The van der Waals surface area contributed by atoms with Crippen LogP contribution in [0.3, 0.4) is 0 Å². The predicted octanol–water partition coefficient (Wildman–Crippen LogP) is 8.23. The summed E-state index contributed by atoms with van der Waals surface area (Å²) in [6.45, 7) is 10.7. The molecule has 2 amide bonds. The molecule has 0 radical (unpaired) electrons. The highest BCUT2D eigenvalue weighted by molar-refractivity contribution is 5.93. The smallest absolute Gasteiger partial charge is 0.416 e. The number of likely N-dealkylation sites (N-methyl/N-ethyl adjacent to an activating group) is 1. The van der Waals surface area contributed by atoms with Crippen LogP contribution in [0.4, 0.5) is 31.1 Å². The fourth-order valence-corrected chi connectivity index (χ4v) is 5.60. The average molecular weight is 664 g/mol. The Hall–Kier alpha value is -4.06.